The Hall–Kier alpha value is 0.180. The zero-order valence-corrected chi connectivity index (χ0v) is 26.2. The van der Waals surface area contributed by atoms with Crippen molar-refractivity contribution >= 4 is 0 Å². The Kier molecular flexibility index (Phi) is 37.8. The van der Waals surface area contributed by atoms with Gasteiger partial charge in [-0.1, -0.05) is 142 Å². The smallest absolute Gasteiger partial charge is 0.0782 e. The van der Waals surface area contributed by atoms with Crippen LogP contribution >= 0.6 is 0 Å². The molecule has 0 N–H and O–H groups in total. The van der Waals surface area contributed by atoms with Gasteiger partial charge in [0.15, 0.2) is 0 Å². The van der Waals surface area contributed by atoms with Crippen LogP contribution in [0.1, 0.15) is 168 Å². The highest BCUT2D eigenvalue weighted by Gasteiger charge is 2.13. The third-order valence-electron chi connectivity index (χ3n) is 7.23. The van der Waals surface area contributed by atoms with Crippen LogP contribution in [-0.2, 0) is 0 Å². The first-order valence-corrected chi connectivity index (χ1v) is 15.4. The van der Waals surface area contributed by atoms with Gasteiger partial charge in [0.05, 0.1) is 27.2 Å². The number of hydrogen-bond donors (Lipinski definition) is 0. The van der Waals surface area contributed by atoms with Gasteiger partial charge >= 0.3 is 0 Å². The second-order valence-corrected chi connectivity index (χ2v) is 11.2. The number of nitrogens with zero attached hydrogens (tertiary/aromatic N) is 1. The fourth-order valence-corrected chi connectivity index (χ4v) is 4.87. The molecular weight excluding hydrogens is 478 g/mol. The van der Waals surface area contributed by atoms with Crippen LogP contribution in [0.4, 0.5) is 0 Å². The van der Waals surface area contributed by atoms with E-state index in [-0.39, 0.29) is 17.0 Å². The molecule has 0 aliphatic rings. The molecule has 0 radical (unpaired) electrons. The molecule has 0 aromatic rings. The van der Waals surface area contributed by atoms with E-state index in [1.807, 2.05) is 0 Å². The van der Waals surface area contributed by atoms with Gasteiger partial charge in [0.25, 0.3) is 0 Å². The van der Waals surface area contributed by atoms with Crippen LogP contribution in [0, 0.1) is 0 Å². The van der Waals surface area contributed by atoms with Crippen LogP contribution < -0.4 is 17.0 Å². The minimum Gasteiger partial charge on any atom is -1.00 e. The molecular formula is C32H68BrN. The molecule has 0 aliphatic carbocycles. The van der Waals surface area contributed by atoms with Crippen molar-refractivity contribution in [2.24, 2.45) is 0 Å². The second-order valence-electron chi connectivity index (χ2n) is 11.2. The summed E-state index contributed by atoms with van der Waals surface area (Å²) in [7, 11) is 4.91. The predicted molar refractivity (Wildman–Crippen MR) is 155 cm³/mol. The van der Waals surface area contributed by atoms with E-state index >= 15 is 0 Å². The number of halogens is 1. The van der Waals surface area contributed by atoms with Crippen LogP contribution in [0.3, 0.4) is 0 Å². The summed E-state index contributed by atoms with van der Waals surface area (Å²) in [5.74, 6) is 0. The normalized spacial score (nSPS) is 11.1. The van der Waals surface area contributed by atoms with E-state index < -0.39 is 0 Å². The van der Waals surface area contributed by atoms with Gasteiger partial charge in [-0.3, -0.25) is 0 Å². The first kappa shape index (κ1) is 38.7. The molecule has 1 nitrogen and oxygen atoms in total. The molecule has 0 rings (SSSR count). The molecule has 208 valence electrons. The van der Waals surface area contributed by atoms with Crippen LogP contribution in [0.2, 0.25) is 0 Å². The van der Waals surface area contributed by atoms with Crippen molar-refractivity contribution in [2.75, 3.05) is 27.2 Å². The summed E-state index contributed by atoms with van der Waals surface area (Å²) < 4.78 is 1.25. The van der Waals surface area contributed by atoms with Crippen molar-refractivity contribution in [2.45, 2.75) is 168 Å². The van der Waals surface area contributed by atoms with Gasteiger partial charge < -0.3 is 21.5 Å². The van der Waals surface area contributed by atoms with Gasteiger partial charge in [-0.25, -0.2) is 0 Å². The highest BCUT2D eigenvalue weighted by atomic mass is 79.9. The van der Waals surface area contributed by atoms with Crippen LogP contribution in [0.15, 0.2) is 13.2 Å². The maximum Gasteiger partial charge on any atom is 0.0782 e. The third-order valence-corrected chi connectivity index (χ3v) is 7.23. The summed E-state index contributed by atoms with van der Waals surface area (Å²) in [4.78, 5) is 0. The Balaban J connectivity index is -0.00000311. The summed E-state index contributed by atoms with van der Waals surface area (Å²) in [6.45, 7) is 13.4. The second kappa shape index (κ2) is 33.2. The summed E-state index contributed by atoms with van der Waals surface area (Å²) >= 11 is 0. The highest BCUT2D eigenvalue weighted by molar-refractivity contribution is 4.51. The first-order valence-electron chi connectivity index (χ1n) is 15.4. The van der Waals surface area contributed by atoms with Gasteiger partial charge in [0.1, 0.15) is 0 Å². The number of unbranched alkanes of at least 4 members (excludes halogenated alkanes) is 22. The summed E-state index contributed by atoms with van der Waals surface area (Å²) in [6.07, 6.45) is 35.0. The summed E-state index contributed by atoms with van der Waals surface area (Å²) in [5, 5.41) is 0. The highest BCUT2D eigenvalue weighted by Crippen LogP contribution is 2.15. The molecule has 2 heteroatoms. The van der Waals surface area contributed by atoms with Gasteiger partial charge in [-0.15, -0.1) is 13.2 Å². The van der Waals surface area contributed by atoms with Crippen LogP contribution in [0.5, 0.6) is 0 Å². The van der Waals surface area contributed by atoms with Crippen molar-refractivity contribution < 1.29 is 21.5 Å². The molecule has 0 bridgehead atoms. The zero-order valence-electron chi connectivity index (χ0n) is 24.6. The van der Waals surface area contributed by atoms with Crippen LogP contribution in [0.25, 0.3) is 0 Å². The molecule has 0 saturated heterocycles. The average Bonchev–Trinajstić information content (AvgIpc) is 2.81. The van der Waals surface area contributed by atoms with Crippen molar-refractivity contribution in [3.63, 3.8) is 0 Å². The topological polar surface area (TPSA) is 0 Å². The first-order chi connectivity index (χ1) is 16.1. The SMILES string of the molecule is C=C.CCCCCCCCCCCCCC[N+](C)(C)CCCCCCCCCCCCCC.[Br-]. The Morgan fingerprint density at radius 2 is 0.529 bits per heavy atom. The maximum absolute atomic E-state index is 3.00. The lowest BCUT2D eigenvalue weighted by atomic mass is 10.0. The monoisotopic (exact) mass is 545 g/mol. The summed E-state index contributed by atoms with van der Waals surface area (Å²) in [5.41, 5.74) is 0. The molecule has 0 fully saturated rings. The molecule has 0 aromatic carbocycles. The zero-order chi connectivity index (χ0) is 24.9. The molecule has 0 atom stereocenters. The molecule has 0 unspecified atom stereocenters. The molecule has 0 heterocycles. The average molecular weight is 547 g/mol. The number of quaternary nitrogens is 1. The van der Waals surface area contributed by atoms with Crippen LogP contribution in [-0.4, -0.2) is 31.7 Å². The van der Waals surface area contributed by atoms with Crippen molar-refractivity contribution in [1.29, 1.82) is 0 Å². The van der Waals surface area contributed by atoms with E-state index in [9.17, 15) is 0 Å². The van der Waals surface area contributed by atoms with Crippen molar-refractivity contribution in [3.05, 3.63) is 13.2 Å². The Bertz CT molecular complexity index is 312. The molecule has 34 heavy (non-hydrogen) atoms. The Labute approximate surface area is 229 Å². The Morgan fingerprint density at radius 1 is 0.353 bits per heavy atom. The minimum atomic E-state index is 0. The summed E-state index contributed by atoms with van der Waals surface area (Å²) in [6, 6.07) is 0. The lowest BCUT2D eigenvalue weighted by Gasteiger charge is -2.30. The fourth-order valence-electron chi connectivity index (χ4n) is 4.87. The van der Waals surface area contributed by atoms with Gasteiger partial charge in [-0.05, 0) is 25.7 Å². The predicted octanol–water partition coefficient (Wildman–Crippen LogP) is 8.27. The van der Waals surface area contributed by atoms with E-state index in [2.05, 4.69) is 41.1 Å². The lowest BCUT2D eigenvalue weighted by Crippen LogP contribution is -3.00. The molecule has 0 amide bonds. The van der Waals surface area contributed by atoms with Crippen molar-refractivity contribution in [3.8, 4) is 0 Å². The van der Waals surface area contributed by atoms with E-state index in [4.69, 9.17) is 0 Å². The quantitative estimate of drug-likeness (QED) is 0.0582. The third kappa shape index (κ3) is 34.3. The van der Waals surface area contributed by atoms with Gasteiger partial charge in [-0.2, -0.15) is 0 Å². The lowest BCUT2D eigenvalue weighted by molar-refractivity contribution is -0.890. The standard InChI is InChI=1S/C30H64N.C2H4.BrH/c1-5-7-9-11-13-15-17-19-21-23-25-27-29-31(3,4)30-28-26-24-22-20-18-16-14-12-10-8-6-2;1-2;/h5-30H2,1-4H3;1-2H2;1H/q+1;;/p-1. The Morgan fingerprint density at radius 3 is 0.735 bits per heavy atom. The van der Waals surface area contributed by atoms with E-state index in [1.165, 1.54) is 172 Å². The largest absolute Gasteiger partial charge is 1.00 e. The maximum atomic E-state index is 3.00. The van der Waals surface area contributed by atoms with Crippen molar-refractivity contribution in [1.82, 2.24) is 0 Å². The van der Waals surface area contributed by atoms with E-state index in [0.29, 0.717) is 0 Å². The van der Waals surface area contributed by atoms with E-state index in [0.717, 1.165) is 0 Å². The number of rotatable bonds is 26. The van der Waals surface area contributed by atoms with Gasteiger partial charge in [0, 0.05) is 0 Å². The number of hydrogen-bond acceptors (Lipinski definition) is 0. The van der Waals surface area contributed by atoms with Gasteiger partial charge in [0.2, 0.25) is 0 Å². The molecule has 0 aromatic heterocycles. The minimum absolute atomic E-state index is 0. The molecule has 0 spiro atoms. The molecule has 0 aliphatic heterocycles. The van der Waals surface area contributed by atoms with E-state index in [1.54, 1.807) is 0 Å². The molecule has 0 saturated carbocycles. The fraction of sp³-hybridized carbons (Fsp3) is 0.938.